The van der Waals surface area contributed by atoms with Gasteiger partial charge in [0.1, 0.15) is 12.7 Å². The maximum Gasteiger partial charge on any atom is 0.330 e. The second-order valence-electron chi connectivity index (χ2n) is 3.27. The van der Waals surface area contributed by atoms with Gasteiger partial charge in [0.15, 0.2) is 6.29 Å². The molecule has 0 radical (unpaired) electrons. The summed E-state index contributed by atoms with van der Waals surface area (Å²) in [4.78, 5) is 10.8. The van der Waals surface area contributed by atoms with E-state index >= 15 is 0 Å². The first kappa shape index (κ1) is 14.1. The summed E-state index contributed by atoms with van der Waals surface area (Å²) >= 11 is 0. The van der Waals surface area contributed by atoms with Gasteiger partial charge in [0.25, 0.3) is 0 Å². The molecule has 2 unspecified atom stereocenters. The quantitative estimate of drug-likeness (QED) is 0.378. The molecular weight excluding hydrogens is 200 g/mol. The third-order valence-corrected chi connectivity index (χ3v) is 1.44. The second-order valence-corrected chi connectivity index (χ2v) is 3.27. The van der Waals surface area contributed by atoms with Crippen LogP contribution in [0.2, 0.25) is 0 Å². The molecule has 5 heteroatoms. The van der Waals surface area contributed by atoms with Crippen molar-refractivity contribution in [3.8, 4) is 0 Å². The number of rotatable bonds is 6. The third-order valence-electron chi connectivity index (χ3n) is 1.44. The van der Waals surface area contributed by atoms with Crippen LogP contribution in [0.1, 0.15) is 20.8 Å². The van der Waals surface area contributed by atoms with E-state index in [-0.39, 0.29) is 12.7 Å². The maximum absolute atomic E-state index is 10.8. The largest absolute Gasteiger partial charge is 0.460 e. The molecule has 0 fully saturated rings. The molecule has 0 saturated carbocycles. The third kappa shape index (κ3) is 7.07. The van der Waals surface area contributed by atoms with Gasteiger partial charge in [-0.3, -0.25) is 0 Å². The molecule has 0 spiro atoms. The summed E-state index contributed by atoms with van der Waals surface area (Å²) in [6.45, 7) is 4.83. The van der Waals surface area contributed by atoms with Crippen molar-refractivity contribution in [3.63, 3.8) is 0 Å². The highest BCUT2D eigenvalue weighted by Crippen LogP contribution is 2.01. The maximum atomic E-state index is 10.8. The predicted octanol–water partition coefficient (Wildman–Crippen LogP) is 0.210. The van der Waals surface area contributed by atoms with E-state index in [2.05, 4.69) is 4.74 Å². The first-order chi connectivity index (χ1) is 6.97. The molecule has 0 aromatic heterocycles. The lowest BCUT2D eigenvalue weighted by molar-refractivity contribution is -0.193. The molecule has 88 valence electrons. The number of hydrogen-bond donors (Lipinski definition) is 2. The van der Waals surface area contributed by atoms with Gasteiger partial charge in [-0.25, -0.2) is 4.79 Å². The van der Waals surface area contributed by atoms with E-state index in [0.29, 0.717) is 0 Å². The Labute approximate surface area is 89.3 Å². The summed E-state index contributed by atoms with van der Waals surface area (Å²) in [5.74, 6) is -0.562. The molecule has 5 nitrogen and oxygen atoms in total. The molecule has 15 heavy (non-hydrogen) atoms. The molecular formula is C10H18O5. The molecule has 0 heterocycles. The van der Waals surface area contributed by atoms with Crippen molar-refractivity contribution >= 4 is 5.97 Å². The van der Waals surface area contributed by atoms with Gasteiger partial charge >= 0.3 is 5.97 Å². The van der Waals surface area contributed by atoms with Gasteiger partial charge < -0.3 is 19.7 Å². The highest BCUT2D eigenvalue weighted by Gasteiger charge is 2.19. The first-order valence-corrected chi connectivity index (χ1v) is 4.78. The van der Waals surface area contributed by atoms with E-state index < -0.39 is 18.4 Å². The fourth-order valence-corrected chi connectivity index (χ4v) is 0.804. The Morgan fingerprint density at radius 3 is 2.47 bits per heavy atom. The van der Waals surface area contributed by atoms with Crippen molar-refractivity contribution in [2.45, 2.75) is 39.3 Å². The van der Waals surface area contributed by atoms with E-state index in [1.54, 1.807) is 20.8 Å². The van der Waals surface area contributed by atoms with Gasteiger partial charge in [0.05, 0.1) is 6.10 Å². The van der Waals surface area contributed by atoms with Crippen LogP contribution < -0.4 is 0 Å². The van der Waals surface area contributed by atoms with E-state index in [1.165, 1.54) is 12.2 Å². The predicted molar refractivity (Wildman–Crippen MR) is 54.0 cm³/mol. The fraction of sp³-hybridized carbons (Fsp3) is 0.700. The smallest absolute Gasteiger partial charge is 0.330 e. The number of aliphatic hydroxyl groups is 2. The van der Waals surface area contributed by atoms with Gasteiger partial charge in [-0.2, -0.15) is 0 Å². The minimum Gasteiger partial charge on any atom is -0.460 e. The summed E-state index contributed by atoms with van der Waals surface area (Å²) in [7, 11) is 0. The molecule has 2 N–H and O–H groups in total. The molecule has 2 atom stereocenters. The topological polar surface area (TPSA) is 76.0 Å². The number of allylic oxidation sites excluding steroid dienone is 1. The van der Waals surface area contributed by atoms with Crippen LogP contribution in [0.15, 0.2) is 12.2 Å². The zero-order valence-corrected chi connectivity index (χ0v) is 9.21. The van der Waals surface area contributed by atoms with E-state index in [9.17, 15) is 15.0 Å². The van der Waals surface area contributed by atoms with Crippen LogP contribution in [0.5, 0.6) is 0 Å². The van der Waals surface area contributed by atoms with E-state index in [1.807, 2.05) is 0 Å². The van der Waals surface area contributed by atoms with Crippen LogP contribution in [-0.2, 0) is 14.3 Å². The molecule has 0 aromatic rings. The van der Waals surface area contributed by atoms with Gasteiger partial charge in [-0.05, 0) is 20.8 Å². The van der Waals surface area contributed by atoms with Gasteiger partial charge in [0, 0.05) is 6.08 Å². The normalized spacial score (nSPS) is 15.6. The summed E-state index contributed by atoms with van der Waals surface area (Å²) < 4.78 is 9.53. The van der Waals surface area contributed by atoms with E-state index in [0.717, 1.165) is 0 Å². The Morgan fingerprint density at radius 2 is 2.00 bits per heavy atom. The standard InChI is InChI=1S/C10H18O5/c1-4-5-9(12)14-6-8(11)10(13)15-7(2)3/h4-5,7-8,10-11,13H,6H2,1-3H3. The summed E-state index contributed by atoms with van der Waals surface area (Å²) in [5.41, 5.74) is 0. The minimum absolute atomic E-state index is 0.208. The average molecular weight is 218 g/mol. The van der Waals surface area contributed by atoms with Crippen molar-refractivity contribution < 1.29 is 24.5 Å². The minimum atomic E-state index is -1.34. The van der Waals surface area contributed by atoms with Crippen molar-refractivity contribution in [2.75, 3.05) is 6.61 Å². The fourth-order valence-electron chi connectivity index (χ4n) is 0.804. The highest BCUT2D eigenvalue weighted by molar-refractivity contribution is 5.81. The second kappa shape index (κ2) is 7.39. The van der Waals surface area contributed by atoms with Crippen LogP contribution in [-0.4, -0.2) is 41.3 Å². The van der Waals surface area contributed by atoms with Crippen LogP contribution in [0, 0.1) is 0 Å². The summed E-state index contributed by atoms with van der Waals surface area (Å²) in [5, 5.41) is 18.6. The van der Waals surface area contributed by atoms with Crippen molar-refractivity contribution in [2.24, 2.45) is 0 Å². The molecule has 0 aromatic carbocycles. The lowest BCUT2D eigenvalue weighted by Gasteiger charge is -2.19. The number of carbonyl (C=O) groups is 1. The number of aliphatic hydroxyl groups excluding tert-OH is 2. The van der Waals surface area contributed by atoms with Crippen LogP contribution in [0.3, 0.4) is 0 Å². The van der Waals surface area contributed by atoms with E-state index in [4.69, 9.17) is 4.74 Å². The zero-order chi connectivity index (χ0) is 11.8. The number of carbonyl (C=O) groups excluding carboxylic acids is 1. The van der Waals surface area contributed by atoms with Crippen LogP contribution >= 0.6 is 0 Å². The first-order valence-electron chi connectivity index (χ1n) is 4.78. The molecule has 0 bridgehead atoms. The SMILES string of the molecule is CC=CC(=O)OCC(O)C(O)OC(C)C. The molecule has 0 rings (SSSR count). The Morgan fingerprint density at radius 1 is 1.40 bits per heavy atom. The average Bonchev–Trinajstić information content (AvgIpc) is 2.13. The van der Waals surface area contributed by atoms with Gasteiger partial charge in [0.2, 0.25) is 0 Å². The van der Waals surface area contributed by atoms with Gasteiger partial charge in [-0.1, -0.05) is 6.08 Å². The Bertz CT molecular complexity index is 212. The summed E-state index contributed by atoms with van der Waals surface area (Å²) in [6.07, 6.45) is -0.0380. The summed E-state index contributed by atoms with van der Waals surface area (Å²) in [6, 6.07) is 0. The number of hydrogen-bond acceptors (Lipinski definition) is 5. The van der Waals surface area contributed by atoms with Crippen molar-refractivity contribution in [1.29, 1.82) is 0 Å². The zero-order valence-electron chi connectivity index (χ0n) is 9.21. The molecule has 0 aliphatic rings. The molecule has 0 aliphatic heterocycles. The van der Waals surface area contributed by atoms with Crippen LogP contribution in [0.4, 0.5) is 0 Å². The molecule has 0 aliphatic carbocycles. The molecule has 0 saturated heterocycles. The van der Waals surface area contributed by atoms with Gasteiger partial charge in [-0.15, -0.1) is 0 Å². The van der Waals surface area contributed by atoms with Crippen molar-refractivity contribution in [3.05, 3.63) is 12.2 Å². The Kier molecular flexibility index (Phi) is 6.94. The lowest BCUT2D eigenvalue weighted by Crippen LogP contribution is -2.35. The Balaban J connectivity index is 3.82. The Hall–Kier alpha value is -0.910. The number of ether oxygens (including phenoxy) is 2. The number of esters is 1. The van der Waals surface area contributed by atoms with Crippen LogP contribution in [0.25, 0.3) is 0 Å². The lowest BCUT2D eigenvalue weighted by atomic mass is 10.3. The highest BCUT2D eigenvalue weighted by atomic mass is 16.6. The monoisotopic (exact) mass is 218 g/mol. The molecule has 0 amide bonds. The van der Waals surface area contributed by atoms with Crippen molar-refractivity contribution in [1.82, 2.24) is 0 Å².